The topological polar surface area (TPSA) is 12.0 Å². The molecule has 0 fully saturated rings. The van der Waals surface area contributed by atoms with Gasteiger partial charge in [0.25, 0.3) is 0 Å². The van der Waals surface area contributed by atoms with Gasteiger partial charge in [0, 0.05) is 16.8 Å². The van der Waals surface area contributed by atoms with Crippen LogP contribution in [0.4, 0.5) is 10.1 Å². The molecule has 1 unspecified atom stereocenters. The average molecular weight is 329 g/mol. The Hall–Kier alpha value is -1.06. The van der Waals surface area contributed by atoms with Crippen molar-refractivity contribution in [2.75, 3.05) is 5.32 Å². The fraction of sp³-hybridized carbons (Fsp3) is 0.143. The Balaban J connectivity index is 2.19. The molecule has 2 rings (SSSR count). The third-order valence-corrected chi connectivity index (χ3v) is 3.66. The normalized spacial score (nSPS) is 12.2. The van der Waals surface area contributed by atoms with Gasteiger partial charge in [0.15, 0.2) is 0 Å². The zero-order chi connectivity index (χ0) is 13.1. The molecule has 1 atom stereocenters. The minimum atomic E-state index is -0.286. The fourth-order valence-corrected chi connectivity index (χ4v) is 2.29. The first-order chi connectivity index (χ1) is 8.58. The lowest BCUT2D eigenvalue weighted by Crippen LogP contribution is -2.07. The minimum absolute atomic E-state index is 0.0132. The molecule has 0 radical (unpaired) electrons. The maximum absolute atomic E-state index is 13.4. The highest BCUT2D eigenvalue weighted by Gasteiger charge is 2.09. The van der Waals surface area contributed by atoms with Gasteiger partial charge >= 0.3 is 0 Å². The van der Waals surface area contributed by atoms with Crippen LogP contribution in [0.1, 0.15) is 18.5 Å². The number of halogens is 3. The molecular weight excluding hydrogens is 317 g/mol. The highest BCUT2D eigenvalue weighted by atomic mass is 79.9. The standard InChI is InChI=1S/C14H12BrClFN/c1-9(11-4-2-3-5-13(11)16)18-10-6-7-12(15)14(17)8-10/h2-9,18H,1H3. The second-order valence-electron chi connectivity index (χ2n) is 4.02. The van der Waals surface area contributed by atoms with Crippen LogP contribution in [-0.4, -0.2) is 0 Å². The Morgan fingerprint density at radius 3 is 2.61 bits per heavy atom. The second kappa shape index (κ2) is 5.72. The maximum Gasteiger partial charge on any atom is 0.139 e. The van der Waals surface area contributed by atoms with Gasteiger partial charge in [0.2, 0.25) is 0 Å². The van der Waals surface area contributed by atoms with Gasteiger partial charge in [-0.05, 0) is 52.7 Å². The summed E-state index contributed by atoms with van der Waals surface area (Å²) in [7, 11) is 0. The van der Waals surface area contributed by atoms with Crippen LogP contribution in [0.5, 0.6) is 0 Å². The summed E-state index contributed by atoms with van der Waals surface area (Å²) in [6.45, 7) is 1.99. The molecule has 2 aromatic carbocycles. The first kappa shape index (κ1) is 13.4. The quantitative estimate of drug-likeness (QED) is 0.794. The van der Waals surface area contributed by atoms with Gasteiger partial charge in [0.1, 0.15) is 5.82 Å². The molecule has 0 saturated carbocycles. The van der Waals surface area contributed by atoms with Crippen molar-refractivity contribution in [2.24, 2.45) is 0 Å². The molecule has 0 aliphatic heterocycles. The number of hydrogen-bond donors (Lipinski definition) is 1. The highest BCUT2D eigenvalue weighted by Crippen LogP contribution is 2.27. The first-order valence-corrected chi connectivity index (χ1v) is 6.71. The first-order valence-electron chi connectivity index (χ1n) is 5.54. The van der Waals surface area contributed by atoms with Crippen LogP contribution < -0.4 is 5.32 Å². The lowest BCUT2D eigenvalue weighted by molar-refractivity contribution is 0.621. The van der Waals surface area contributed by atoms with E-state index in [4.69, 9.17) is 11.6 Å². The molecule has 1 nitrogen and oxygen atoms in total. The molecule has 0 heterocycles. The SMILES string of the molecule is CC(Nc1ccc(Br)c(F)c1)c1ccccc1Cl. The molecule has 0 aliphatic rings. The van der Waals surface area contributed by atoms with Gasteiger partial charge in [-0.25, -0.2) is 4.39 Å². The van der Waals surface area contributed by atoms with Gasteiger partial charge in [-0.15, -0.1) is 0 Å². The average Bonchev–Trinajstić information content (AvgIpc) is 2.34. The minimum Gasteiger partial charge on any atom is -0.378 e. The summed E-state index contributed by atoms with van der Waals surface area (Å²) in [6, 6.07) is 12.6. The van der Waals surface area contributed by atoms with E-state index in [1.54, 1.807) is 6.07 Å². The molecule has 0 saturated heterocycles. The summed E-state index contributed by atoms with van der Waals surface area (Å²) in [6.07, 6.45) is 0. The van der Waals surface area contributed by atoms with Crippen molar-refractivity contribution in [3.63, 3.8) is 0 Å². The van der Waals surface area contributed by atoms with Crippen molar-refractivity contribution in [1.29, 1.82) is 0 Å². The maximum atomic E-state index is 13.4. The molecule has 0 bridgehead atoms. The molecule has 0 spiro atoms. The molecule has 1 N–H and O–H groups in total. The van der Waals surface area contributed by atoms with Crippen LogP contribution in [0.25, 0.3) is 0 Å². The Morgan fingerprint density at radius 1 is 1.22 bits per heavy atom. The number of nitrogens with one attached hydrogen (secondary N) is 1. The van der Waals surface area contributed by atoms with Gasteiger partial charge < -0.3 is 5.32 Å². The van der Waals surface area contributed by atoms with E-state index in [0.29, 0.717) is 9.50 Å². The molecule has 4 heteroatoms. The van der Waals surface area contributed by atoms with Crippen LogP contribution in [0, 0.1) is 5.82 Å². The van der Waals surface area contributed by atoms with Crippen molar-refractivity contribution in [3.05, 3.63) is 63.3 Å². The summed E-state index contributed by atoms with van der Waals surface area (Å²) in [4.78, 5) is 0. The van der Waals surface area contributed by atoms with E-state index in [1.807, 2.05) is 37.3 Å². The largest absolute Gasteiger partial charge is 0.378 e. The van der Waals surface area contributed by atoms with Gasteiger partial charge in [-0.3, -0.25) is 0 Å². The Kier molecular flexibility index (Phi) is 4.25. The van der Waals surface area contributed by atoms with Crippen molar-refractivity contribution in [3.8, 4) is 0 Å². The van der Waals surface area contributed by atoms with Gasteiger partial charge in [-0.2, -0.15) is 0 Å². The van der Waals surface area contributed by atoms with Crippen molar-refractivity contribution >= 4 is 33.2 Å². The monoisotopic (exact) mass is 327 g/mol. The Morgan fingerprint density at radius 2 is 1.94 bits per heavy atom. The van der Waals surface area contributed by atoms with Crippen LogP contribution >= 0.6 is 27.5 Å². The Bertz CT molecular complexity index is 559. The predicted molar refractivity (Wildman–Crippen MR) is 77.6 cm³/mol. The van der Waals surface area contributed by atoms with Crippen LogP contribution in [-0.2, 0) is 0 Å². The molecule has 2 aromatic rings. The van der Waals surface area contributed by atoms with E-state index in [2.05, 4.69) is 21.2 Å². The van der Waals surface area contributed by atoms with Crippen molar-refractivity contribution in [2.45, 2.75) is 13.0 Å². The highest BCUT2D eigenvalue weighted by molar-refractivity contribution is 9.10. The number of anilines is 1. The smallest absolute Gasteiger partial charge is 0.139 e. The van der Waals surface area contributed by atoms with E-state index in [1.165, 1.54) is 6.07 Å². The third-order valence-electron chi connectivity index (χ3n) is 2.67. The van der Waals surface area contributed by atoms with Gasteiger partial charge in [-0.1, -0.05) is 29.8 Å². The lowest BCUT2D eigenvalue weighted by Gasteiger charge is -2.17. The summed E-state index contributed by atoms with van der Waals surface area (Å²) in [5.74, 6) is -0.286. The number of benzene rings is 2. The van der Waals surface area contributed by atoms with E-state index < -0.39 is 0 Å². The van der Waals surface area contributed by atoms with Crippen LogP contribution in [0.3, 0.4) is 0 Å². The molecule has 0 aliphatic carbocycles. The van der Waals surface area contributed by atoms with Crippen molar-refractivity contribution < 1.29 is 4.39 Å². The Labute approximate surface area is 119 Å². The molecule has 0 amide bonds. The van der Waals surface area contributed by atoms with E-state index in [0.717, 1.165) is 11.3 Å². The third kappa shape index (κ3) is 3.03. The van der Waals surface area contributed by atoms with Crippen molar-refractivity contribution in [1.82, 2.24) is 0 Å². The fourth-order valence-electron chi connectivity index (χ4n) is 1.74. The zero-order valence-electron chi connectivity index (χ0n) is 9.75. The van der Waals surface area contributed by atoms with Gasteiger partial charge in [0.05, 0.1) is 4.47 Å². The molecule has 0 aromatic heterocycles. The van der Waals surface area contributed by atoms with E-state index in [-0.39, 0.29) is 11.9 Å². The lowest BCUT2D eigenvalue weighted by atomic mass is 10.1. The number of rotatable bonds is 3. The summed E-state index contributed by atoms with van der Waals surface area (Å²) in [5.41, 5.74) is 1.71. The van der Waals surface area contributed by atoms with Crippen LogP contribution in [0.15, 0.2) is 46.9 Å². The predicted octanol–water partition coefficient (Wildman–Crippen LogP) is 5.41. The summed E-state index contributed by atoms with van der Waals surface area (Å²) < 4.78 is 13.9. The van der Waals surface area contributed by atoms with E-state index in [9.17, 15) is 4.39 Å². The number of hydrogen-bond acceptors (Lipinski definition) is 1. The summed E-state index contributed by atoms with van der Waals surface area (Å²) >= 11 is 9.25. The molecule has 94 valence electrons. The summed E-state index contributed by atoms with van der Waals surface area (Å²) in [5, 5.41) is 3.93. The molecule has 18 heavy (non-hydrogen) atoms. The second-order valence-corrected chi connectivity index (χ2v) is 5.28. The zero-order valence-corrected chi connectivity index (χ0v) is 12.1. The van der Waals surface area contributed by atoms with Crippen LogP contribution in [0.2, 0.25) is 5.02 Å². The molecular formula is C14H12BrClFN. The van der Waals surface area contributed by atoms with E-state index >= 15 is 0 Å².